The van der Waals surface area contributed by atoms with Crippen LogP contribution in [-0.2, 0) is 0 Å². The van der Waals surface area contributed by atoms with E-state index in [0.717, 1.165) is 51.2 Å². The van der Waals surface area contributed by atoms with E-state index in [9.17, 15) is 9.18 Å². The molecule has 3 aliphatic rings. The molecule has 0 saturated carbocycles. The summed E-state index contributed by atoms with van der Waals surface area (Å²) in [5.74, 6) is 6.68. The van der Waals surface area contributed by atoms with Crippen LogP contribution in [0, 0.1) is 17.7 Å². The number of piperidine rings is 1. The van der Waals surface area contributed by atoms with E-state index in [1.165, 1.54) is 12.1 Å². The number of halogens is 1. The van der Waals surface area contributed by atoms with Gasteiger partial charge in [-0.3, -0.25) is 9.80 Å². The van der Waals surface area contributed by atoms with E-state index in [0.29, 0.717) is 11.7 Å². The first kappa shape index (κ1) is 19.9. The monoisotopic (exact) mass is 396 g/mol. The van der Waals surface area contributed by atoms with E-state index in [1.807, 2.05) is 13.0 Å². The van der Waals surface area contributed by atoms with E-state index >= 15 is 0 Å². The van der Waals surface area contributed by atoms with E-state index in [-0.39, 0.29) is 17.9 Å². The summed E-state index contributed by atoms with van der Waals surface area (Å²) in [4.78, 5) is 24.1. The number of rotatable bonds is 2. The molecular formula is C23H29FN4O. The second kappa shape index (κ2) is 7.79. The lowest BCUT2D eigenvalue weighted by Crippen LogP contribution is -2.63. The van der Waals surface area contributed by atoms with Gasteiger partial charge in [0.25, 0.3) is 0 Å². The number of urea groups is 1. The molecule has 3 aliphatic heterocycles. The Bertz CT molecular complexity index is 888. The molecule has 1 spiro atoms. The lowest BCUT2D eigenvalue weighted by atomic mass is 9.80. The smallest absolute Gasteiger partial charge is 0.350 e. The molecule has 3 unspecified atom stereocenters. The maximum atomic E-state index is 14.0. The second-order valence-corrected chi connectivity index (χ2v) is 8.45. The Labute approximate surface area is 172 Å². The predicted octanol–water partition coefficient (Wildman–Crippen LogP) is 3.89. The van der Waals surface area contributed by atoms with Crippen LogP contribution in [0.4, 0.5) is 14.9 Å². The molecule has 154 valence electrons. The first-order valence-electron chi connectivity index (χ1n) is 10.6. The van der Waals surface area contributed by atoms with Crippen LogP contribution < -0.4 is 4.90 Å². The minimum absolute atomic E-state index is 0.245. The molecule has 3 heterocycles. The zero-order valence-electron chi connectivity index (χ0n) is 17.5. The molecule has 0 bridgehead atoms. The average Bonchev–Trinajstić information content (AvgIpc) is 3.22. The summed E-state index contributed by atoms with van der Waals surface area (Å²) in [6, 6.07) is 6.67. The summed E-state index contributed by atoms with van der Waals surface area (Å²) in [5, 5.41) is 0. The second-order valence-electron chi connectivity index (χ2n) is 8.45. The molecule has 0 aliphatic carbocycles. The summed E-state index contributed by atoms with van der Waals surface area (Å²) in [7, 11) is 0. The van der Waals surface area contributed by atoms with Crippen molar-refractivity contribution in [2.24, 2.45) is 4.99 Å². The SMILES string of the molecule is CC#CCN1CCC2(CC1C)C(N1CCCC1C)=NC(=O)N2c1cccc(F)c1. The van der Waals surface area contributed by atoms with Gasteiger partial charge in [-0.1, -0.05) is 12.0 Å². The van der Waals surface area contributed by atoms with Crippen molar-refractivity contribution in [1.29, 1.82) is 0 Å². The van der Waals surface area contributed by atoms with Crippen molar-refractivity contribution in [3.05, 3.63) is 30.1 Å². The van der Waals surface area contributed by atoms with Crippen molar-refractivity contribution in [2.45, 2.75) is 64.1 Å². The summed E-state index contributed by atoms with van der Waals surface area (Å²) in [6.07, 6.45) is 3.75. The summed E-state index contributed by atoms with van der Waals surface area (Å²) < 4.78 is 14.0. The summed E-state index contributed by atoms with van der Waals surface area (Å²) >= 11 is 0. The van der Waals surface area contributed by atoms with Gasteiger partial charge in [0.15, 0.2) is 0 Å². The third-order valence-corrected chi connectivity index (χ3v) is 6.66. The number of nitrogens with zero attached hydrogens (tertiary/aromatic N) is 4. The highest BCUT2D eigenvalue weighted by atomic mass is 19.1. The van der Waals surface area contributed by atoms with Crippen LogP contribution >= 0.6 is 0 Å². The quantitative estimate of drug-likeness (QED) is 0.712. The van der Waals surface area contributed by atoms with Crippen LogP contribution in [-0.4, -0.2) is 58.9 Å². The third-order valence-electron chi connectivity index (χ3n) is 6.66. The van der Waals surface area contributed by atoms with Gasteiger partial charge < -0.3 is 4.90 Å². The van der Waals surface area contributed by atoms with Crippen molar-refractivity contribution in [1.82, 2.24) is 9.80 Å². The fraction of sp³-hybridized carbons (Fsp3) is 0.565. The standard InChI is InChI=1S/C23H29FN4O/c1-4-5-12-26-14-11-23(16-18(26)3)21(27-13-7-8-17(27)2)25-22(29)28(23)20-10-6-9-19(24)15-20/h6,9-10,15,17-18H,7-8,11-14,16H2,1-3H3. The molecule has 2 saturated heterocycles. The van der Waals surface area contributed by atoms with Crippen LogP contribution in [0.15, 0.2) is 29.3 Å². The minimum atomic E-state index is -0.529. The van der Waals surface area contributed by atoms with Gasteiger partial charge in [0.1, 0.15) is 17.2 Å². The zero-order chi connectivity index (χ0) is 20.6. The average molecular weight is 397 g/mol. The third kappa shape index (κ3) is 3.42. The van der Waals surface area contributed by atoms with Crippen LogP contribution in [0.2, 0.25) is 0 Å². The number of carbonyl (C=O) groups excluding carboxylic acids is 1. The Morgan fingerprint density at radius 2 is 2.10 bits per heavy atom. The maximum absolute atomic E-state index is 14.0. The Balaban J connectivity index is 1.74. The summed E-state index contributed by atoms with van der Waals surface area (Å²) in [6.45, 7) is 8.73. The van der Waals surface area contributed by atoms with Crippen LogP contribution in [0.25, 0.3) is 0 Å². The molecular weight excluding hydrogens is 367 g/mol. The maximum Gasteiger partial charge on any atom is 0.350 e. The van der Waals surface area contributed by atoms with Gasteiger partial charge in [-0.2, -0.15) is 4.99 Å². The molecule has 1 aromatic rings. The topological polar surface area (TPSA) is 39.1 Å². The van der Waals surface area contributed by atoms with E-state index in [1.54, 1.807) is 11.0 Å². The largest absolute Gasteiger partial charge is 0.355 e. The van der Waals surface area contributed by atoms with Crippen molar-refractivity contribution < 1.29 is 9.18 Å². The molecule has 3 atom stereocenters. The van der Waals surface area contributed by atoms with Crippen molar-refractivity contribution in [2.75, 3.05) is 24.5 Å². The molecule has 0 N–H and O–H groups in total. The van der Waals surface area contributed by atoms with Crippen LogP contribution in [0.5, 0.6) is 0 Å². The number of amidine groups is 1. The highest BCUT2D eigenvalue weighted by Crippen LogP contribution is 2.43. The van der Waals surface area contributed by atoms with Crippen molar-refractivity contribution >= 4 is 17.6 Å². The number of benzene rings is 1. The van der Waals surface area contributed by atoms with Crippen molar-refractivity contribution in [3.8, 4) is 11.8 Å². The summed E-state index contributed by atoms with van der Waals surface area (Å²) in [5.41, 5.74) is 0.0635. The van der Waals surface area contributed by atoms with Gasteiger partial charge in [-0.05, 0) is 64.7 Å². The molecule has 1 aromatic carbocycles. The Hall–Kier alpha value is -2.39. The van der Waals surface area contributed by atoms with Gasteiger partial charge >= 0.3 is 6.03 Å². The van der Waals surface area contributed by atoms with Crippen LogP contribution in [0.3, 0.4) is 0 Å². The van der Waals surface area contributed by atoms with E-state index in [2.05, 4.69) is 40.5 Å². The highest BCUT2D eigenvalue weighted by Gasteiger charge is 2.55. The molecule has 29 heavy (non-hydrogen) atoms. The lowest BCUT2D eigenvalue weighted by Gasteiger charge is -2.49. The van der Waals surface area contributed by atoms with Gasteiger partial charge in [0.2, 0.25) is 0 Å². The number of hydrogen-bond donors (Lipinski definition) is 0. The first-order valence-corrected chi connectivity index (χ1v) is 10.6. The molecule has 0 radical (unpaired) electrons. The molecule has 2 amide bonds. The van der Waals surface area contributed by atoms with Gasteiger partial charge in [0, 0.05) is 30.9 Å². The molecule has 2 fully saturated rings. The Morgan fingerprint density at radius 1 is 1.28 bits per heavy atom. The lowest BCUT2D eigenvalue weighted by molar-refractivity contribution is 0.141. The normalized spacial score (nSPS) is 29.9. The molecule has 6 heteroatoms. The molecule has 4 rings (SSSR count). The zero-order valence-corrected chi connectivity index (χ0v) is 17.5. The number of carbonyl (C=O) groups is 1. The van der Waals surface area contributed by atoms with Gasteiger partial charge in [0.05, 0.1) is 6.54 Å². The van der Waals surface area contributed by atoms with Gasteiger partial charge in [-0.15, -0.1) is 5.92 Å². The van der Waals surface area contributed by atoms with Crippen LogP contribution in [0.1, 0.15) is 46.5 Å². The van der Waals surface area contributed by atoms with E-state index in [4.69, 9.17) is 0 Å². The molecule has 5 nitrogen and oxygen atoms in total. The Kier molecular flexibility index (Phi) is 5.35. The number of amides is 2. The fourth-order valence-corrected chi connectivity index (χ4v) is 5.17. The number of aliphatic imine (C=N–C) groups is 1. The fourth-order valence-electron chi connectivity index (χ4n) is 5.17. The van der Waals surface area contributed by atoms with Crippen molar-refractivity contribution in [3.63, 3.8) is 0 Å². The van der Waals surface area contributed by atoms with E-state index < -0.39 is 5.54 Å². The number of likely N-dealkylation sites (tertiary alicyclic amines) is 2. The van der Waals surface area contributed by atoms with Gasteiger partial charge in [-0.25, -0.2) is 9.18 Å². The first-order chi connectivity index (χ1) is 14.0. The predicted molar refractivity (Wildman–Crippen MR) is 114 cm³/mol. The number of hydrogen-bond acceptors (Lipinski definition) is 3. The minimum Gasteiger partial charge on any atom is -0.355 e. The highest BCUT2D eigenvalue weighted by molar-refractivity contribution is 6.16. The Morgan fingerprint density at radius 3 is 2.76 bits per heavy atom. The molecule has 0 aromatic heterocycles. The number of anilines is 1.